The maximum Gasteiger partial charge on any atom is 0.303 e. The molecule has 0 N–H and O–H groups in total. The molecule has 0 saturated carbocycles. The summed E-state index contributed by atoms with van der Waals surface area (Å²) in [6, 6.07) is 12.9. The highest BCUT2D eigenvalue weighted by molar-refractivity contribution is 6.32. The third kappa shape index (κ3) is 8.19. The molecule has 1 fully saturated rings. The van der Waals surface area contributed by atoms with Crippen LogP contribution in [0.1, 0.15) is 57.4 Å². The fraction of sp³-hybridized carbons (Fsp3) is 0.448. The first-order chi connectivity index (χ1) is 19.0. The number of hydrogen-bond donors (Lipinski definition) is 0. The zero-order valence-corrected chi connectivity index (χ0v) is 23.8. The molecule has 0 aromatic heterocycles. The molecule has 40 heavy (non-hydrogen) atoms. The molecule has 1 aliphatic rings. The van der Waals surface area contributed by atoms with Crippen molar-refractivity contribution < 1.29 is 47.6 Å². The van der Waals surface area contributed by atoms with Crippen LogP contribution in [0.5, 0.6) is 5.75 Å². The summed E-state index contributed by atoms with van der Waals surface area (Å²) in [4.78, 5) is 47.9. The van der Waals surface area contributed by atoms with Crippen LogP contribution in [-0.2, 0) is 49.3 Å². The summed E-state index contributed by atoms with van der Waals surface area (Å²) in [5, 5.41) is 0.345. The van der Waals surface area contributed by atoms with E-state index >= 15 is 0 Å². The van der Waals surface area contributed by atoms with E-state index in [1.165, 1.54) is 27.7 Å². The van der Waals surface area contributed by atoms with E-state index in [1.54, 1.807) is 12.1 Å². The van der Waals surface area contributed by atoms with Gasteiger partial charge in [0.05, 0.1) is 11.6 Å². The van der Waals surface area contributed by atoms with Gasteiger partial charge in [-0.1, -0.05) is 41.9 Å². The van der Waals surface area contributed by atoms with Crippen molar-refractivity contribution in [2.24, 2.45) is 0 Å². The van der Waals surface area contributed by atoms with Gasteiger partial charge in [0.15, 0.2) is 18.3 Å². The molecule has 10 nitrogen and oxygen atoms in total. The Balaban J connectivity index is 2.05. The fourth-order valence-corrected chi connectivity index (χ4v) is 4.83. The van der Waals surface area contributed by atoms with E-state index < -0.39 is 54.4 Å². The minimum atomic E-state index is -1.28. The van der Waals surface area contributed by atoms with Crippen LogP contribution in [0.3, 0.4) is 0 Å². The van der Waals surface area contributed by atoms with Crippen molar-refractivity contribution in [3.8, 4) is 5.75 Å². The van der Waals surface area contributed by atoms with E-state index in [-0.39, 0.29) is 6.61 Å². The molecule has 2 aromatic rings. The van der Waals surface area contributed by atoms with Gasteiger partial charge in [-0.05, 0) is 36.6 Å². The SMILES string of the molecule is CCOc1ccc(Cc2cccc([C@@H]3O[C@H](COC(C)=O)[C@@H](OC(C)=O)[C@H](OC(C)=O)[C@H]3OC(C)=O)c2Cl)cc1. The number of esters is 4. The molecule has 0 bridgehead atoms. The van der Waals surface area contributed by atoms with Gasteiger partial charge in [-0.25, -0.2) is 0 Å². The second kappa shape index (κ2) is 14.1. The molecule has 0 radical (unpaired) electrons. The molecular weight excluding hydrogens is 544 g/mol. The number of benzene rings is 2. The first kappa shape index (κ1) is 30.9. The van der Waals surface area contributed by atoms with E-state index in [0.29, 0.717) is 23.6 Å². The molecule has 0 amide bonds. The molecule has 1 aliphatic heterocycles. The third-order valence-corrected chi connectivity index (χ3v) is 6.50. The van der Waals surface area contributed by atoms with Crippen LogP contribution < -0.4 is 4.74 Å². The highest BCUT2D eigenvalue weighted by Crippen LogP contribution is 2.41. The van der Waals surface area contributed by atoms with Crippen LogP contribution in [0, 0.1) is 0 Å². The van der Waals surface area contributed by atoms with Crippen molar-refractivity contribution in [2.75, 3.05) is 13.2 Å². The molecule has 1 saturated heterocycles. The highest BCUT2D eigenvalue weighted by Gasteiger charge is 2.53. The van der Waals surface area contributed by atoms with Gasteiger partial charge >= 0.3 is 23.9 Å². The second-order valence-electron chi connectivity index (χ2n) is 9.19. The van der Waals surface area contributed by atoms with E-state index in [9.17, 15) is 19.2 Å². The van der Waals surface area contributed by atoms with Crippen molar-refractivity contribution in [1.29, 1.82) is 0 Å². The number of halogens is 1. The van der Waals surface area contributed by atoms with Gasteiger partial charge in [-0.2, -0.15) is 0 Å². The van der Waals surface area contributed by atoms with Crippen LogP contribution in [0.15, 0.2) is 42.5 Å². The van der Waals surface area contributed by atoms with Crippen molar-refractivity contribution >= 4 is 35.5 Å². The zero-order valence-electron chi connectivity index (χ0n) is 23.0. The molecule has 216 valence electrons. The lowest BCUT2D eigenvalue weighted by Crippen LogP contribution is -2.59. The van der Waals surface area contributed by atoms with Gasteiger partial charge < -0.3 is 28.4 Å². The Morgan fingerprint density at radius 3 is 1.98 bits per heavy atom. The van der Waals surface area contributed by atoms with Gasteiger partial charge in [0, 0.05) is 33.3 Å². The van der Waals surface area contributed by atoms with Gasteiger partial charge in [0.2, 0.25) is 0 Å². The summed E-state index contributed by atoms with van der Waals surface area (Å²) in [5.74, 6) is -1.93. The summed E-state index contributed by atoms with van der Waals surface area (Å²) in [6.07, 6.45) is -5.42. The van der Waals surface area contributed by atoms with Crippen molar-refractivity contribution in [3.63, 3.8) is 0 Å². The molecule has 3 rings (SSSR count). The topological polar surface area (TPSA) is 124 Å². The zero-order chi connectivity index (χ0) is 29.4. The quantitative estimate of drug-likeness (QED) is 0.301. The third-order valence-electron chi connectivity index (χ3n) is 6.03. The Morgan fingerprint density at radius 1 is 0.800 bits per heavy atom. The first-order valence-electron chi connectivity index (χ1n) is 12.8. The molecule has 0 spiro atoms. The largest absolute Gasteiger partial charge is 0.494 e. The summed E-state index contributed by atoms with van der Waals surface area (Å²) in [6.45, 7) is 6.90. The maximum absolute atomic E-state index is 12.2. The van der Waals surface area contributed by atoms with Gasteiger partial charge in [-0.3, -0.25) is 19.2 Å². The minimum Gasteiger partial charge on any atom is -0.494 e. The van der Waals surface area contributed by atoms with Crippen molar-refractivity contribution in [1.82, 2.24) is 0 Å². The molecule has 1 heterocycles. The fourth-order valence-electron chi connectivity index (χ4n) is 4.52. The molecular formula is C29H33ClO10. The van der Waals surface area contributed by atoms with E-state index in [4.69, 9.17) is 40.0 Å². The van der Waals surface area contributed by atoms with Crippen LogP contribution in [0.25, 0.3) is 0 Å². The lowest BCUT2D eigenvalue weighted by molar-refractivity contribution is -0.254. The standard InChI is InChI=1S/C29H33ClO10/c1-6-35-22-12-10-20(11-13-22)14-21-8-7-9-23(25(21)30)26-28(38-18(4)33)29(39-19(5)34)27(37-17(3)32)24(40-26)15-36-16(2)31/h7-13,24,26-29H,6,14-15H2,1-5H3/t24-,26+,27-,28+,29+/m1/s1. The Kier molecular flexibility index (Phi) is 10.9. The maximum atomic E-state index is 12.2. The number of carbonyl (C=O) groups excluding carboxylic acids is 4. The highest BCUT2D eigenvalue weighted by atomic mass is 35.5. The van der Waals surface area contributed by atoms with Crippen LogP contribution in [0.4, 0.5) is 0 Å². The predicted molar refractivity (Wildman–Crippen MR) is 143 cm³/mol. The molecule has 0 aliphatic carbocycles. The predicted octanol–water partition coefficient (Wildman–Crippen LogP) is 4.13. The lowest BCUT2D eigenvalue weighted by Gasteiger charge is -2.44. The smallest absolute Gasteiger partial charge is 0.303 e. The van der Waals surface area contributed by atoms with Crippen LogP contribution in [0.2, 0.25) is 5.02 Å². The average molecular weight is 577 g/mol. The summed E-state index contributed by atoms with van der Waals surface area (Å²) >= 11 is 6.90. The van der Waals surface area contributed by atoms with Crippen molar-refractivity contribution in [3.05, 3.63) is 64.2 Å². The minimum absolute atomic E-state index is 0.322. The number of rotatable bonds is 10. The second-order valence-corrected chi connectivity index (χ2v) is 9.57. The molecule has 11 heteroatoms. The Morgan fingerprint density at radius 2 is 1.40 bits per heavy atom. The van der Waals surface area contributed by atoms with Gasteiger partial charge in [-0.15, -0.1) is 0 Å². The Bertz CT molecular complexity index is 1210. The Hall–Kier alpha value is -3.63. The monoisotopic (exact) mass is 576 g/mol. The van der Waals surface area contributed by atoms with Gasteiger partial charge in [0.25, 0.3) is 0 Å². The normalized spacial score (nSPS) is 22.1. The summed E-state index contributed by atoms with van der Waals surface area (Å²) < 4.78 is 33.5. The number of hydrogen-bond acceptors (Lipinski definition) is 10. The lowest BCUT2D eigenvalue weighted by atomic mass is 9.89. The van der Waals surface area contributed by atoms with E-state index in [0.717, 1.165) is 16.9 Å². The summed E-state index contributed by atoms with van der Waals surface area (Å²) in [5.41, 5.74) is 2.18. The van der Waals surface area contributed by atoms with Crippen LogP contribution >= 0.6 is 11.6 Å². The molecule has 5 atom stereocenters. The Labute approximate surface area is 237 Å². The first-order valence-corrected chi connectivity index (χ1v) is 13.2. The van der Waals surface area contributed by atoms with E-state index in [2.05, 4.69) is 0 Å². The van der Waals surface area contributed by atoms with Crippen molar-refractivity contribution in [2.45, 2.75) is 71.6 Å². The summed E-state index contributed by atoms with van der Waals surface area (Å²) in [7, 11) is 0. The average Bonchev–Trinajstić information content (AvgIpc) is 2.87. The van der Waals surface area contributed by atoms with Crippen LogP contribution in [-0.4, -0.2) is 61.5 Å². The molecule has 2 aromatic carbocycles. The van der Waals surface area contributed by atoms with E-state index in [1.807, 2.05) is 37.3 Å². The number of ether oxygens (including phenoxy) is 6. The number of carbonyl (C=O) groups is 4. The molecule has 0 unspecified atom stereocenters. The van der Waals surface area contributed by atoms with Gasteiger partial charge in [0.1, 0.15) is 24.6 Å².